The maximum absolute atomic E-state index is 11.9. The van der Waals surface area contributed by atoms with Crippen LogP contribution in [0.5, 0.6) is 11.5 Å². The van der Waals surface area contributed by atoms with Crippen molar-refractivity contribution < 1.29 is 14.3 Å². The second-order valence-corrected chi connectivity index (χ2v) is 4.08. The van der Waals surface area contributed by atoms with E-state index in [1.165, 1.54) is 0 Å². The fraction of sp³-hybridized carbons (Fsp3) is 0.462. The van der Waals surface area contributed by atoms with E-state index in [1.54, 1.807) is 32.4 Å². The van der Waals surface area contributed by atoms with Gasteiger partial charge in [0.05, 0.1) is 14.2 Å². The first-order valence-corrected chi connectivity index (χ1v) is 5.48. The molecule has 0 N–H and O–H groups in total. The van der Waals surface area contributed by atoms with Crippen molar-refractivity contribution in [2.24, 2.45) is 0 Å². The summed E-state index contributed by atoms with van der Waals surface area (Å²) in [5.74, 6) is 1.37. The molecule has 0 atom stereocenters. The molecule has 0 saturated heterocycles. The molecule has 0 aliphatic rings. The molecule has 5 heteroatoms. The molecule has 1 rings (SSSR count). The van der Waals surface area contributed by atoms with Crippen LogP contribution in [0.3, 0.4) is 0 Å². The molecule has 0 fully saturated rings. The number of ketones is 1. The SMILES string of the molecule is COc1cc(OC)cc(C(=O)CCN(C)C)c1.Cl. The molecule has 0 bridgehead atoms. The molecule has 0 saturated carbocycles. The first-order chi connectivity index (χ1) is 8.06. The van der Waals surface area contributed by atoms with Crippen LogP contribution in [-0.4, -0.2) is 45.5 Å². The van der Waals surface area contributed by atoms with E-state index in [2.05, 4.69) is 0 Å². The highest BCUT2D eigenvalue weighted by molar-refractivity contribution is 5.97. The van der Waals surface area contributed by atoms with Crippen molar-refractivity contribution in [3.8, 4) is 11.5 Å². The van der Waals surface area contributed by atoms with E-state index in [1.807, 2.05) is 19.0 Å². The Morgan fingerprint density at radius 3 is 2.00 bits per heavy atom. The van der Waals surface area contributed by atoms with E-state index in [0.717, 1.165) is 6.54 Å². The number of nitrogens with zero attached hydrogens (tertiary/aromatic N) is 1. The van der Waals surface area contributed by atoms with Gasteiger partial charge in [-0.1, -0.05) is 0 Å². The molecule has 0 aromatic heterocycles. The van der Waals surface area contributed by atoms with Crippen molar-refractivity contribution >= 4 is 18.2 Å². The van der Waals surface area contributed by atoms with Gasteiger partial charge in [0.15, 0.2) is 5.78 Å². The van der Waals surface area contributed by atoms with Crippen molar-refractivity contribution in [3.05, 3.63) is 23.8 Å². The molecule has 4 nitrogen and oxygen atoms in total. The largest absolute Gasteiger partial charge is 0.497 e. The number of carbonyl (C=O) groups excluding carboxylic acids is 1. The molecule has 0 unspecified atom stereocenters. The summed E-state index contributed by atoms with van der Waals surface area (Å²) >= 11 is 0. The van der Waals surface area contributed by atoms with Crippen molar-refractivity contribution in [2.45, 2.75) is 6.42 Å². The molecule has 0 radical (unpaired) electrons. The van der Waals surface area contributed by atoms with Crippen LogP contribution in [0.1, 0.15) is 16.8 Å². The Morgan fingerprint density at radius 2 is 1.61 bits per heavy atom. The second-order valence-electron chi connectivity index (χ2n) is 4.08. The average molecular weight is 274 g/mol. The van der Waals surface area contributed by atoms with Crippen molar-refractivity contribution in [3.63, 3.8) is 0 Å². The minimum Gasteiger partial charge on any atom is -0.497 e. The molecule has 0 heterocycles. The molecule has 18 heavy (non-hydrogen) atoms. The van der Waals surface area contributed by atoms with Crippen LogP contribution in [0.4, 0.5) is 0 Å². The molecule has 1 aromatic rings. The van der Waals surface area contributed by atoms with Gasteiger partial charge in [0.25, 0.3) is 0 Å². The summed E-state index contributed by atoms with van der Waals surface area (Å²) in [6.07, 6.45) is 0.489. The topological polar surface area (TPSA) is 38.8 Å². The molecule has 0 amide bonds. The van der Waals surface area contributed by atoms with Gasteiger partial charge < -0.3 is 14.4 Å². The van der Waals surface area contributed by atoms with Gasteiger partial charge in [-0.25, -0.2) is 0 Å². The van der Waals surface area contributed by atoms with E-state index in [-0.39, 0.29) is 18.2 Å². The third-order valence-electron chi connectivity index (χ3n) is 2.46. The Kier molecular flexibility index (Phi) is 7.39. The summed E-state index contributed by atoms with van der Waals surface area (Å²) in [7, 11) is 7.03. The Morgan fingerprint density at radius 1 is 1.11 bits per heavy atom. The van der Waals surface area contributed by atoms with Gasteiger partial charge in [0.1, 0.15) is 11.5 Å². The summed E-state index contributed by atoms with van der Waals surface area (Å²) < 4.78 is 10.3. The molecular weight excluding hydrogens is 254 g/mol. The van der Waals surface area contributed by atoms with Gasteiger partial charge in [0.2, 0.25) is 0 Å². The molecule has 0 aliphatic heterocycles. The quantitative estimate of drug-likeness (QED) is 0.746. The first kappa shape index (κ1) is 16.7. The Labute approximate surface area is 114 Å². The smallest absolute Gasteiger partial charge is 0.164 e. The van der Waals surface area contributed by atoms with Crippen molar-refractivity contribution in [1.29, 1.82) is 0 Å². The number of carbonyl (C=O) groups is 1. The Bertz CT molecular complexity index is 372. The van der Waals surface area contributed by atoms with Crippen LogP contribution in [0, 0.1) is 0 Å². The molecule has 0 aliphatic carbocycles. The van der Waals surface area contributed by atoms with E-state index in [0.29, 0.717) is 23.5 Å². The molecular formula is C13H20ClNO3. The summed E-state index contributed by atoms with van der Waals surface area (Å²) in [5, 5.41) is 0. The predicted octanol–water partition coefficient (Wildman–Crippen LogP) is 2.26. The van der Waals surface area contributed by atoms with Gasteiger partial charge in [-0.15, -0.1) is 12.4 Å². The highest BCUT2D eigenvalue weighted by Gasteiger charge is 2.10. The zero-order valence-corrected chi connectivity index (χ0v) is 12.0. The first-order valence-electron chi connectivity index (χ1n) is 5.48. The zero-order valence-electron chi connectivity index (χ0n) is 11.2. The third-order valence-corrected chi connectivity index (χ3v) is 2.46. The fourth-order valence-electron chi connectivity index (χ4n) is 1.44. The maximum atomic E-state index is 11.9. The average Bonchev–Trinajstić information content (AvgIpc) is 2.34. The van der Waals surface area contributed by atoms with Gasteiger partial charge >= 0.3 is 0 Å². The Balaban J connectivity index is 0.00000289. The summed E-state index contributed by atoms with van der Waals surface area (Å²) in [4.78, 5) is 13.9. The fourth-order valence-corrected chi connectivity index (χ4v) is 1.44. The monoisotopic (exact) mass is 273 g/mol. The summed E-state index contributed by atoms with van der Waals surface area (Å²) in [6, 6.07) is 5.23. The van der Waals surface area contributed by atoms with Crippen LogP contribution < -0.4 is 9.47 Å². The van der Waals surface area contributed by atoms with Crippen LogP contribution in [0.15, 0.2) is 18.2 Å². The molecule has 0 spiro atoms. The van der Waals surface area contributed by atoms with E-state index in [9.17, 15) is 4.79 Å². The van der Waals surface area contributed by atoms with Gasteiger partial charge in [-0.2, -0.15) is 0 Å². The van der Waals surface area contributed by atoms with E-state index >= 15 is 0 Å². The van der Waals surface area contributed by atoms with Crippen LogP contribution in [0.25, 0.3) is 0 Å². The van der Waals surface area contributed by atoms with Crippen LogP contribution in [0.2, 0.25) is 0 Å². The number of methoxy groups -OCH3 is 2. The van der Waals surface area contributed by atoms with Gasteiger partial charge in [0, 0.05) is 24.6 Å². The summed E-state index contributed by atoms with van der Waals surface area (Å²) in [5.41, 5.74) is 0.628. The number of hydrogen-bond acceptors (Lipinski definition) is 4. The number of halogens is 1. The molecule has 102 valence electrons. The highest BCUT2D eigenvalue weighted by Crippen LogP contribution is 2.23. The second kappa shape index (κ2) is 7.95. The van der Waals surface area contributed by atoms with Crippen molar-refractivity contribution in [1.82, 2.24) is 4.90 Å². The lowest BCUT2D eigenvalue weighted by molar-refractivity contribution is 0.0972. The normalized spacial score (nSPS) is 9.83. The number of hydrogen-bond donors (Lipinski definition) is 0. The van der Waals surface area contributed by atoms with Crippen LogP contribution >= 0.6 is 12.4 Å². The van der Waals surface area contributed by atoms with E-state index < -0.39 is 0 Å². The van der Waals surface area contributed by atoms with Crippen LogP contribution in [-0.2, 0) is 0 Å². The van der Waals surface area contributed by atoms with Gasteiger partial charge in [-0.3, -0.25) is 4.79 Å². The maximum Gasteiger partial charge on any atom is 0.164 e. The highest BCUT2D eigenvalue weighted by atomic mass is 35.5. The number of Topliss-reactive ketones (excluding diaryl/α,β-unsaturated/α-hetero) is 1. The van der Waals surface area contributed by atoms with Gasteiger partial charge in [-0.05, 0) is 26.2 Å². The lowest BCUT2D eigenvalue weighted by Gasteiger charge is -2.10. The van der Waals surface area contributed by atoms with Crippen molar-refractivity contribution in [2.75, 3.05) is 34.9 Å². The minimum absolute atomic E-state index is 0. The lowest BCUT2D eigenvalue weighted by Crippen LogP contribution is -2.16. The standard InChI is InChI=1S/C13H19NO3.ClH/c1-14(2)6-5-13(15)10-7-11(16-3)9-12(8-10)17-4;/h7-9H,5-6H2,1-4H3;1H. The summed E-state index contributed by atoms with van der Waals surface area (Å²) in [6.45, 7) is 0.734. The number of benzene rings is 1. The predicted molar refractivity (Wildman–Crippen MR) is 74.3 cm³/mol. The minimum atomic E-state index is 0. The lowest BCUT2D eigenvalue weighted by atomic mass is 10.1. The Hall–Kier alpha value is -1.26. The number of rotatable bonds is 6. The zero-order chi connectivity index (χ0) is 12.8. The number of ether oxygens (including phenoxy) is 2. The third kappa shape index (κ3) is 4.94. The molecule has 1 aromatic carbocycles. The van der Waals surface area contributed by atoms with E-state index in [4.69, 9.17) is 9.47 Å².